The van der Waals surface area contributed by atoms with Crippen LogP contribution in [0.2, 0.25) is 0 Å². The van der Waals surface area contributed by atoms with Crippen LogP contribution in [0.4, 0.5) is 0 Å². The summed E-state index contributed by atoms with van der Waals surface area (Å²) in [5.74, 6) is 0.133. The maximum Gasteiger partial charge on any atom is 0.243 e. The van der Waals surface area contributed by atoms with Crippen molar-refractivity contribution in [1.82, 2.24) is 4.31 Å². The van der Waals surface area contributed by atoms with Gasteiger partial charge in [-0.2, -0.15) is 4.31 Å². The molecule has 0 aromatic heterocycles. The third-order valence-corrected chi connectivity index (χ3v) is 5.10. The highest BCUT2D eigenvalue weighted by molar-refractivity contribution is 7.89. The van der Waals surface area contributed by atoms with E-state index in [4.69, 9.17) is 0 Å². The molecule has 0 aliphatic carbocycles. The summed E-state index contributed by atoms with van der Waals surface area (Å²) >= 11 is 0. The van der Waals surface area contributed by atoms with Crippen molar-refractivity contribution < 1.29 is 8.42 Å². The average Bonchev–Trinajstić information content (AvgIpc) is 2.83. The van der Waals surface area contributed by atoms with Crippen LogP contribution in [0.3, 0.4) is 0 Å². The first kappa shape index (κ1) is 13.1. The predicted molar refractivity (Wildman–Crippen MR) is 72.6 cm³/mol. The van der Waals surface area contributed by atoms with Crippen molar-refractivity contribution in [3.05, 3.63) is 54.6 Å². The lowest BCUT2D eigenvalue weighted by Crippen LogP contribution is -2.28. The molecule has 18 heavy (non-hydrogen) atoms. The normalized spacial score (nSPS) is 23.4. The molecule has 96 valence electrons. The van der Waals surface area contributed by atoms with Crippen molar-refractivity contribution in [2.24, 2.45) is 5.92 Å². The van der Waals surface area contributed by atoms with Crippen LogP contribution < -0.4 is 0 Å². The van der Waals surface area contributed by atoms with Gasteiger partial charge in [0.25, 0.3) is 0 Å². The number of rotatable bonds is 3. The Hall–Kier alpha value is -1.39. The Morgan fingerprint density at radius 2 is 2.00 bits per heavy atom. The molecule has 0 radical (unpaired) electrons. The van der Waals surface area contributed by atoms with E-state index in [2.05, 4.69) is 6.58 Å². The van der Waals surface area contributed by atoms with E-state index in [0.717, 1.165) is 5.57 Å². The minimum absolute atomic E-state index is 0.133. The number of hydrogen-bond donors (Lipinski definition) is 0. The van der Waals surface area contributed by atoms with E-state index in [0.29, 0.717) is 18.0 Å². The van der Waals surface area contributed by atoms with Crippen molar-refractivity contribution in [1.29, 1.82) is 0 Å². The lowest BCUT2D eigenvalue weighted by molar-refractivity contribution is 0.471. The van der Waals surface area contributed by atoms with Gasteiger partial charge in [-0.1, -0.05) is 35.9 Å². The molecule has 1 saturated heterocycles. The highest BCUT2D eigenvalue weighted by atomic mass is 32.2. The van der Waals surface area contributed by atoms with Gasteiger partial charge in [0.2, 0.25) is 10.0 Å². The number of nitrogens with zero attached hydrogens (tertiary/aromatic N) is 1. The lowest BCUT2D eigenvalue weighted by atomic mass is 10.0. The van der Waals surface area contributed by atoms with Gasteiger partial charge in [-0.25, -0.2) is 8.42 Å². The summed E-state index contributed by atoms with van der Waals surface area (Å²) in [5, 5.41) is 0. The molecule has 4 heteroatoms. The zero-order valence-corrected chi connectivity index (χ0v) is 11.2. The fraction of sp³-hybridized carbons (Fsp3) is 0.286. The van der Waals surface area contributed by atoms with E-state index in [-0.39, 0.29) is 5.92 Å². The summed E-state index contributed by atoms with van der Waals surface area (Å²) in [6, 6.07) is 8.56. The van der Waals surface area contributed by atoms with E-state index in [1.54, 1.807) is 24.3 Å². The van der Waals surface area contributed by atoms with Gasteiger partial charge in [-0.05, 0) is 19.1 Å². The van der Waals surface area contributed by atoms with Gasteiger partial charge in [-0.15, -0.1) is 6.58 Å². The van der Waals surface area contributed by atoms with E-state index >= 15 is 0 Å². The van der Waals surface area contributed by atoms with E-state index < -0.39 is 10.0 Å². The summed E-state index contributed by atoms with van der Waals surface area (Å²) < 4.78 is 26.4. The molecule has 0 amide bonds. The van der Waals surface area contributed by atoms with E-state index in [1.165, 1.54) is 4.31 Å². The van der Waals surface area contributed by atoms with Gasteiger partial charge in [0, 0.05) is 19.0 Å². The molecule has 1 heterocycles. The van der Waals surface area contributed by atoms with Gasteiger partial charge in [0.15, 0.2) is 0 Å². The van der Waals surface area contributed by atoms with Gasteiger partial charge in [0.05, 0.1) is 4.90 Å². The number of allylic oxidation sites excluding steroid dienone is 1. The Morgan fingerprint density at radius 3 is 2.50 bits per heavy atom. The molecule has 1 fully saturated rings. The third kappa shape index (κ3) is 2.26. The molecule has 3 nitrogen and oxygen atoms in total. The standard InChI is InChI=1S/C14H17NO2S/c1-3-12-10-15(11-13(12)4-2)18(16,17)14-8-6-5-7-9-14/h3-9,12H,1,10-11H2,2H3/b13-4-. The molecule has 0 bridgehead atoms. The van der Waals surface area contributed by atoms with Gasteiger partial charge < -0.3 is 0 Å². The summed E-state index contributed by atoms with van der Waals surface area (Å²) in [4.78, 5) is 0.352. The number of benzene rings is 1. The van der Waals surface area contributed by atoms with Crippen molar-refractivity contribution in [3.63, 3.8) is 0 Å². The monoisotopic (exact) mass is 263 g/mol. The molecule has 0 spiro atoms. The molecular formula is C14H17NO2S. The SMILES string of the molecule is C=CC1CN(S(=O)(=O)c2ccccc2)C/C1=C/C. The molecule has 1 aromatic carbocycles. The third-order valence-electron chi connectivity index (χ3n) is 3.27. The van der Waals surface area contributed by atoms with Crippen LogP contribution in [0.1, 0.15) is 6.92 Å². The zero-order valence-electron chi connectivity index (χ0n) is 10.4. The second kappa shape index (κ2) is 5.08. The largest absolute Gasteiger partial charge is 0.243 e. The smallest absolute Gasteiger partial charge is 0.207 e. The minimum Gasteiger partial charge on any atom is -0.207 e. The van der Waals surface area contributed by atoms with Crippen LogP contribution in [0.15, 0.2) is 59.5 Å². The van der Waals surface area contributed by atoms with Gasteiger partial charge in [-0.3, -0.25) is 0 Å². The topological polar surface area (TPSA) is 37.4 Å². The van der Waals surface area contributed by atoms with Crippen LogP contribution in [-0.2, 0) is 10.0 Å². The number of sulfonamides is 1. The lowest BCUT2D eigenvalue weighted by Gasteiger charge is -2.15. The highest BCUT2D eigenvalue weighted by Crippen LogP contribution is 2.28. The Kier molecular flexibility index (Phi) is 3.68. The van der Waals surface area contributed by atoms with Crippen molar-refractivity contribution >= 4 is 10.0 Å². The molecule has 1 aliphatic rings. The first-order valence-corrected chi connectivity index (χ1v) is 7.36. The Balaban J connectivity index is 2.32. The van der Waals surface area contributed by atoms with E-state index in [1.807, 2.05) is 25.1 Å². The second-order valence-corrected chi connectivity index (χ2v) is 6.25. The fourth-order valence-corrected chi connectivity index (χ4v) is 3.65. The van der Waals surface area contributed by atoms with Crippen molar-refractivity contribution in [3.8, 4) is 0 Å². The summed E-state index contributed by atoms with van der Waals surface area (Å²) in [6.07, 6.45) is 3.79. The Morgan fingerprint density at radius 1 is 1.33 bits per heavy atom. The summed E-state index contributed by atoms with van der Waals surface area (Å²) in [6.45, 7) is 6.65. The maximum absolute atomic E-state index is 12.4. The zero-order chi connectivity index (χ0) is 13.2. The maximum atomic E-state index is 12.4. The van der Waals surface area contributed by atoms with Crippen molar-refractivity contribution in [2.45, 2.75) is 11.8 Å². The van der Waals surface area contributed by atoms with Crippen LogP contribution in [-0.4, -0.2) is 25.8 Å². The molecule has 1 atom stereocenters. The predicted octanol–water partition coefficient (Wildman–Crippen LogP) is 2.44. The molecule has 2 rings (SSSR count). The van der Waals surface area contributed by atoms with E-state index in [9.17, 15) is 8.42 Å². The first-order valence-electron chi connectivity index (χ1n) is 5.92. The van der Waals surface area contributed by atoms with Gasteiger partial charge >= 0.3 is 0 Å². The van der Waals surface area contributed by atoms with Crippen molar-refractivity contribution in [2.75, 3.05) is 13.1 Å². The summed E-state index contributed by atoms with van der Waals surface area (Å²) in [7, 11) is -3.38. The molecule has 1 aromatic rings. The van der Waals surface area contributed by atoms with Crippen LogP contribution in [0.25, 0.3) is 0 Å². The van der Waals surface area contributed by atoms with Crippen LogP contribution >= 0.6 is 0 Å². The molecule has 1 aliphatic heterocycles. The van der Waals surface area contributed by atoms with Crippen LogP contribution in [0, 0.1) is 5.92 Å². The van der Waals surface area contributed by atoms with Gasteiger partial charge in [0.1, 0.15) is 0 Å². The Labute approximate surface area is 108 Å². The molecular weight excluding hydrogens is 246 g/mol. The second-order valence-electron chi connectivity index (χ2n) is 4.32. The van der Waals surface area contributed by atoms with Crippen LogP contribution in [0.5, 0.6) is 0 Å². The minimum atomic E-state index is -3.38. The Bertz CT molecular complexity index is 561. The molecule has 0 saturated carbocycles. The highest BCUT2D eigenvalue weighted by Gasteiger charge is 2.33. The molecule has 1 unspecified atom stereocenters. The fourth-order valence-electron chi connectivity index (χ4n) is 2.18. The first-order chi connectivity index (χ1) is 8.59. The summed E-state index contributed by atoms with van der Waals surface area (Å²) in [5.41, 5.74) is 1.12. The number of hydrogen-bond acceptors (Lipinski definition) is 2. The quantitative estimate of drug-likeness (QED) is 0.785. The average molecular weight is 263 g/mol. The molecule has 0 N–H and O–H groups in total.